The van der Waals surface area contributed by atoms with Crippen molar-refractivity contribution in [2.45, 2.75) is 51.4 Å². The van der Waals surface area contributed by atoms with Crippen molar-refractivity contribution in [3.05, 3.63) is 30.5 Å². The van der Waals surface area contributed by atoms with Crippen LogP contribution < -0.4 is 15.8 Å². The van der Waals surface area contributed by atoms with Gasteiger partial charge in [0.1, 0.15) is 5.75 Å². The van der Waals surface area contributed by atoms with E-state index >= 15 is 0 Å². The van der Waals surface area contributed by atoms with Crippen molar-refractivity contribution in [3.8, 4) is 5.75 Å². The van der Waals surface area contributed by atoms with Crippen LogP contribution in [0, 0.1) is 0 Å². The standard InChI is InChI=1S/C20H31N3O.2ClH/c1-24-18-15-17-11-10-14-23-20(17)19(16-18)22-13-9-7-5-3-2-4-6-8-12-21;;/h10-11,14-16,22H,2-9,12-13,21H2,1H3;2*1H. The molecule has 2 aromatic rings. The van der Waals surface area contributed by atoms with Gasteiger partial charge in [0.15, 0.2) is 0 Å². The molecule has 0 spiro atoms. The molecule has 0 fully saturated rings. The zero-order valence-electron chi connectivity index (χ0n) is 15.7. The summed E-state index contributed by atoms with van der Waals surface area (Å²) in [7, 11) is 1.70. The molecule has 0 saturated heterocycles. The molecule has 0 aliphatic rings. The van der Waals surface area contributed by atoms with Crippen LogP contribution in [0.1, 0.15) is 51.4 Å². The number of hydrogen-bond acceptors (Lipinski definition) is 4. The molecule has 3 N–H and O–H groups in total. The van der Waals surface area contributed by atoms with Crippen molar-refractivity contribution >= 4 is 41.4 Å². The molecule has 1 aromatic heterocycles. The number of methoxy groups -OCH3 is 1. The molecule has 0 atom stereocenters. The van der Waals surface area contributed by atoms with E-state index in [1.54, 1.807) is 7.11 Å². The molecule has 0 bridgehead atoms. The van der Waals surface area contributed by atoms with Gasteiger partial charge in [0.2, 0.25) is 0 Å². The highest BCUT2D eigenvalue weighted by molar-refractivity contribution is 5.91. The first-order valence-electron chi connectivity index (χ1n) is 9.22. The summed E-state index contributed by atoms with van der Waals surface area (Å²) in [4.78, 5) is 4.49. The monoisotopic (exact) mass is 401 g/mol. The minimum absolute atomic E-state index is 0. The van der Waals surface area contributed by atoms with Crippen LogP contribution in [0.3, 0.4) is 0 Å². The molecule has 26 heavy (non-hydrogen) atoms. The molecule has 4 nitrogen and oxygen atoms in total. The Morgan fingerprint density at radius 1 is 0.962 bits per heavy atom. The Labute approximate surface area is 170 Å². The van der Waals surface area contributed by atoms with E-state index in [0.29, 0.717) is 0 Å². The van der Waals surface area contributed by atoms with Gasteiger partial charge in [0.25, 0.3) is 0 Å². The molecule has 0 aliphatic heterocycles. The summed E-state index contributed by atoms with van der Waals surface area (Å²) in [6.07, 6.45) is 12.1. The van der Waals surface area contributed by atoms with Crippen LogP contribution >= 0.6 is 24.8 Å². The lowest BCUT2D eigenvalue weighted by Crippen LogP contribution is -2.03. The third-order valence-corrected chi connectivity index (χ3v) is 4.36. The minimum atomic E-state index is 0. The molecule has 0 amide bonds. The predicted octanol–water partition coefficient (Wildman–Crippen LogP) is 5.58. The highest BCUT2D eigenvalue weighted by Gasteiger charge is 2.05. The Morgan fingerprint density at radius 3 is 2.27 bits per heavy atom. The normalized spacial score (nSPS) is 10.1. The number of nitrogens with two attached hydrogens (primary N) is 1. The van der Waals surface area contributed by atoms with E-state index in [-0.39, 0.29) is 24.8 Å². The SMILES string of the molecule is COc1cc(NCCCCCCCCCCN)c2ncccc2c1.Cl.Cl. The lowest BCUT2D eigenvalue weighted by atomic mass is 10.1. The lowest BCUT2D eigenvalue weighted by molar-refractivity contribution is 0.415. The molecule has 1 aromatic carbocycles. The average molecular weight is 402 g/mol. The van der Waals surface area contributed by atoms with Crippen molar-refractivity contribution < 1.29 is 4.74 Å². The maximum atomic E-state index is 5.51. The van der Waals surface area contributed by atoms with E-state index in [9.17, 15) is 0 Å². The van der Waals surface area contributed by atoms with Gasteiger partial charge >= 0.3 is 0 Å². The van der Waals surface area contributed by atoms with Crippen molar-refractivity contribution in [1.29, 1.82) is 0 Å². The Bertz CT molecular complexity index is 611. The first-order chi connectivity index (χ1) is 11.8. The van der Waals surface area contributed by atoms with Crippen molar-refractivity contribution in [1.82, 2.24) is 4.98 Å². The topological polar surface area (TPSA) is 60.2 Å². The summed E-state index contributed by atoms with van der Waals surface area (Å²) in [6, 6.07) is 8.09. The highest BCUT2D eigenvalue weighted by Crippen LogP contribution is 2.27. The fourth-order valence-electron chi connectivity index (χ4n) is 2.97. The number of aromatic nitrogens is 1. The fraction of sp³-hybridized carbons (Fsp3) is 0.550. The molecular weight excluding hydrogens is 369 g/mol. The van der Waals surface area contributed by atoms with E-state index in [1.165, 1.54) is 51.4 Å². The summed E-state index contributed by atoms with van der Waals surface area (Å²) in [6.45, 7) is 1.81. The maximum absolute atomic E-state index is 5.51. The number of anilines is 1. The Kier molecular flexibility index (Phi) is 14.2. The van der Waals surface area contributed by atoms with Crippen molar-refractivity contribution in [2.24, 2.45) is 5.73 Å². The van der Waals surface area contributed by atoms with Gasteiger partial charge < -0.3 is 15.8 Å². The molecule has 148 valence electrons. The minimum Gasteiger partial charge on any atom is -0.497 e. The quantitative estimate of drug-likeness (QED) is 0.455. The third kappa shape index (κ3) is 8.43. The number of pyridine rings is 1. The first kappa shape index (κ1) is 24.8. The number of hydrogen-bond donors (Lipinski definition) is 2. The van der Waals surface area contributed by atoms with Gasteiger partial charge in [-0.2, -0.15) is 0 Å². The third-order valence-electron chi connectivity index (χ3n) is 4.36. The number of halogens is 2. The second kappa shape index (κ2) is 14.9. The number of nitrogens with zero attached hydrogens (tertiary/aromatic N) is 1. The summed E-state index contributed by atoms with van der Waals surface area (Å²) >= 11 is 0. The second-order valence-corrected chi connectivity index (χ2v) is 6.29. The van der Waals surface area contributed by atoms with E-state index in [4.69, 9.17) is 10.5 Å². The van der Waals surface area contributed by atoms with Gasteiger partial charge in [0, 0.05) is 24.2 Å². The lowest BCUT2D eigenvalue weighted by Gasteiger charge is -2.11. The largest absolute Gasteiger partial charge is 0.497 e. The molecule has 0 saturated carbocycles. The van der Waals surface area contributed by atoms with Crippen LogP contribution in [-0.2, 0) is 0 Å². The zero-order valence-corrected chi connectivity index (χ0v) is 17.3. The van der Waals surface area contributed by atoms with Crippen LogP contribution in [-0.4, -0.2) is 25.2 Å². The van der Waals surface area contributed by atoms with Crippen LogP contribution in [0.4, 0.5) is 5.69 Å². The summed E-state index contributed by atoms with van der Waals surface area (Å²) in [5, 5.41) is 4.63. The summed E-state index contributed by atoms with van der Waals surface area (Å²) < 4.78 is 5.39. The van der Waals surface area contributed by atoms with Crippen LogP contribution in [0.15, 0.2) is 30.5 Å². The molecule has 0 radical (unpaired) electrons. The van der Waals surface area contributed by atoms with Gasteiger partial charge in [0.05, 0.1) is 18.3 Å². The van der Waals surface area contributed by atoms with Crippen LogP contribution in [0.25, 0.3) is 10.9 Å². The maximum Gasteiger partial charge on any atom is 0.121 e. The predicted molar refractivity (Wildman–Crippen MR) is 117 cm³/mol. The Balaban J connectivity index is 0.00000312. The number of unbranched alkanes of at least 4 members (excludes halogenated alkanes) is 7. The molecule has 2 rings (SSSR count). The second-order valence-electron chi connectivity index (χ2n) is 6.29. The van der Waals surface area contributed by atoms with Gasteiger partial charge in [-0.1, -0.05) is 44.6 Å². The van der Waals surface area contributed by atoms with Crippen molar-refractivity contribution in [3.63, 3.8) is 0 Å². The van der Waals surface area contributed by atoms with E-state index in [1.807, 2.05) is 24.4 Å². The number of fused-ring (bicyclic) bond motifs is 1. The van der Waals surface area contributed by atoms with Crippen molar-refractivity contribution in [2.75, 3.05) is 25.5 Å². The molecule has 0 aliphatic carbocycles. The van der Waals surface area contributed by atoms with E-state index in [0.717, 1.165) is 35.4 Å². The first-order valence-corrected chi connectivity index (χ1v) is 9.22. The number of nitrogens with one attached hydrogen (secondary N) is 1. The Hall–Kier alpha value is -1.23. The van der Waals surface area contributed by atoms with E-state index < -0.39 is 0 Å². The molecular formula is C20H33Cl2N3O. The van der Waals surface area contributed by atoms with Crippen LogP contribution in [0.5, 0.6) is 5.75 Å². The van der Waals surface area contributed by atoms with E-state index in [2.05, 4.69) is 16.4 Å². The summed E-state index contributed by atoms with van der Waals surface area (Å²) in [5.41, 5.74) is 7.58. The highest BCUT2D eigenvalue weighted by atomic mass is 35.5. The number of rotatable bonds is 12. The Morgan fingerprint density at radius 2 is 1.62 bits per heavy atom. The average Bonchev–Trinajstić information content (AvgIpc) is 2.62. The van der Waals surface area contributed by atoms with Gasteiger partial charge in [-0.15, -0.1) is 24.8 Å². The number of benzene rings is 1. The molecule has 6 heteroatoms. The smallest absolute Gasteiger partial charge is 0.121 e. The summed E-state index contributed by atoms with van der Waals surface area (Å²) in [5.74, 6) is 0.871. The van der Waals surface area contributed by atoms with Gasteiger partial charge in [-0.25, -0.2) is 0 Å². The zero-order chi connectivity index (χ0) is 17.0. The van der Waals surface area contributed by atoms with Crippen LogP contribution in [0.2, 0.25) is 0 Å². The number of ether oxygens (including phenoxy) is 1. The molecule has 1 heterocycles. The van der Waals surface area contributed by atoms with Gasteiger partial charge in [-0.3, -0.25) is 4.98 Å². The fourth-order valence-corrected chi connectivity index (χ4v) is 2.97. The molecule has 0 unspecified atom stereocenters. The van der Waals surface area contributed by atoms with Gasteiger partial charge in [-0.05, 0) is 31.5 Å².